The summed E-state index contributed by atoms with van der Waals surface area (Å²) in [6.45, 7) is 6.29. The topological polar surface area (TPSA) is 79.3 Å². The van der Waals surface area contributed by atoms with Crippen LogP contribution in [0.1, 0.15) is 36.9 Å². The van der Waals surface area contributed by atoms with Crippen molar-refractivity contribution in [3.05, 3.63) is 69.2 Å². The summed E-state index contributed by atoms with van der Waals surface area (Å²) in [4.78, 5) is 30.2. The van der Waals surface area contributed by atoms with Gasteiger partial charge in [0, 0.05) is 31.7 Å². The highest BCUT2D eigenvalue weighted by Gasteiger charge is 2.46. The number of amides is 1. The Labute approximate surface area is 221 Å². The van der Waals surface area contributed by atoms with Crippen molar-refractivity contribution in [2.24, 2.45) is 0 Å². The first kappa shape index (κ1) is 26.5. The zero-order chi connectivity index (χ0) is 25.7. The molecule has 1 amide bonds. The van der Waals surface area contributed by atoms with Crippen LogP contribution < -0.4 is 4.74 Å². The van der Waals surface area contributed by atoms with Crippen molar-refractivity contribution in [3.8, 4) is 5.75 Å². The van der Waals surface area contributed by atoms with Crippen molar-refractivity contribution in [3.63, 3.8) is 0 Å². The molecule has 0 aromatic heterocycles. The Morgan fingerprint density at radius 1 is 1.08 bits per heavy atom. The number of unbranched alkanes of at least 4 members (excludes halogenated alkanes) is 1. The normalized spacial score (nSPS) is 20.2. The summed E-state index contributed by atoms with van der Waals surface area (Å²) >= 11 is 12.4. The summed E-state index contributed by atoms with van der Waals surface area (Å²) in [5.41, 5.74) is 1.02. The molecule has 2 aromatic rings. The first-order chi connectivity index (χ1) is 17.4. The Bertz CT molecular complexity index is 1150. The molecule has 0 spiro atoms. The van der Waals surface area contributed by atoms with Gasteiger partial charge in [-0.15, -0.1) is 0 Å². The van der Waals surface area contributed by atoms with Gasteiger partial charge in [0.05, 0.1) is 41.5 Å². The molecule has 2 saturated heterocycles. The molecular weight excluding hydrogens is 503 g/mol. The molecule has 2 heterocycles. The summed E-state index contributed by atoms with van der Waals surface area (Å²) in [6.07, 6.45) is 1.90. The summed E-state index contributed by atoms with van der Waals surface area (Å²) in [6, 6.07) is 11.1. The van der Waals surface area contributed by atoms with Gasteiger partial charge in [-0.1, -0.05) is 54.7 Å². The molecule has 7 nitrogen and oxygen atoms in total. The van der Waals surface area contributed by atoms with Gasteiger partial charge in [-0.05, 0) is 36.2 Å². The van der Waals surface area contributed by atoms with Crippen molar-refractivity contribution in [2.75, 3.05) is 46.0 Å². The Hall–Kier alpha value is -2.58. The van der Waals surface area contributed by atoms with E-state index in [1.807, 2.05) is 0 Å². The van der Waals surface area contributed by atoms with E-state index < -0.39 is 17.7 Å². The van der Waals surface area contributed by atoms with Crippen LogP contribution in [-0.2, 0) is 14.3 Å². The fraction of sp³-hybridized carbons (Fsp3) is 0.407. The SMILES string of the molecule is CCCCOc1cccc(C(O)=C2C(=O)C(=O)N(CCN3CCOCC3)C2c2ccc(Cl)c(Cl)c2)c1. The minimum atomic E-state index is -0.800. The average Bonchev–Trinajstić information content (AvgIpc) is 3.14. The minimum Gasteiger partial charge on any atom is -0.507 e. The summed E-state index contributed by atoms with van der Waals surface area (Å²) in [7, 11) is 0. The number of hydrogen-bond acceptors (Lipinski definition) is 6. The van der Waals surface area contributed by atoms with Gasteiger partial charge in [-0.25, -0.2) is 0 Å². The van der Waals surface area contributed by atoms with Crippen LogP contribution >= 0.6 is 23.2 Å². The van der Waals surface area contributed by atoms with E-state index in [1.165, 1.54) is 4.90 Å². The number of ketones is 1. The van der Waals surface area contributed by atoms with E-state index in [4.69, 9.17) is 32.7 Å². The number of ether oxygens (including phenoxy) is 2. The van der Waals surface area contributed by atoms with Crippen molar-refractivity contribution in [1.82, 2.24) is 9.80 Å². The number of carbonyl (C=O) groups excluding carboxylic acids is 2. The molecule has 36 heavy (non-hydrogen) atoms. The van der Waals surface area contributed by atoms with E-state index in [-0.39, 0.29) is 11.3 Å². The van der Waals surface area contributed by atoms with Crippen molar-refractivity contribution < 1.29 is 24.2 Å². The molecule has 2 fully saturated rings. The van der Waals surface area contributed by atoms with E-state index in [2.05, 4.69) is 11.8 Å². The first-order valence-corrected chi connectivity index (χ1v) is 12.9. The number of aliphatic hydroxyl groups excluding tert-OH is 1. The number of nitrogens with zero attached hydrogens (tertiary/aromatic N) is 2. The Balaban J connectivity index is 1.71. The highest BCUT2D eigenvalue weighted by atomic mass is 35.5. The van der Waals surface area contributed by atoms with Crippen LogP contribution in [0, 0.1) is 0 Å². The highest BCUT2D eigenvalue weighted by molar-refractivity contribution is 6.46. The standard InChI is InChI=1S/C27H30Cl2N2O5/c1-2-3-13-36-20-6-4-5-19(16-20)25(32)23-24(18-7-8-21(28)22(29)17-18)31(27(34)26(23)33)10-9-30-11-14-35-15-12-30/h4-8,16-17,24,32H,2-3,9-15H2,1H3. The molecule has 2 aliphatic rings. The van der Waals surface area contributed by atoms with Crippen molar-refractivity contribution in [2.45, 2.75) is 25.8 Å². The quantitative estimate of drug-likeness (QED) is 0.213. The van der Waals surface area contributed by atoms with Crippen LogP contribution in [0.2, 0.25) is 10.0 Å². The second kappa shape index (κ2) is 12.1. The summed E-state index contributed by atoms with van der Waals surface area (Å²) < 4.78 is 11.2. The maximum atomic E-state index is 13.3. The lowest BCUT2D eigenvalue weighted by molar-refractivity contribution is -0.140. The number of halogens is 2. The molecule has 1 N–H and O–H groups in total. The Kier molecular flexibility index (Phi) is 8.90. The minimum absolute atomic E-state index is 0.0195. The lowest BCUT2D eigenvalue weighted by Crippen LogP contribution is -2.42. The van der Waals surface area contributed by atoms with Crippen LogP contribution in [0.5, 0.6) is 5.75 Å². The van der Waals surface area contributed by atoms with Crippen LogP contribution in [0.25, 0.3) is 5.76 Å². The Morgan fingerprint density at radius 3 is 2.58 bits per heavy atom. The monoisotopic (exact) mass is 532 g/mol. The molecule has 2 aromatic carbocycles. The fourth-order valence-corrected chi connectivity index (χ4v) is 4.74. The lowest BCUT2D eigenvalue weighted by atomic mass is 9.95. The maximum Gasteiger partial charge on any atom is 0.295 e. The highest BCUT2D eigenvalue weighted by Crippen LogP contribution is 2.41. The molecule has 2 aliphatic heterocycles. The molecule has 0 aliphatic carbocycles. The van der Waals surface area contributed by atoms with E-state index in [9.17, 15) is 14.7 Å². The molecule has 1 atom stereocenters. The molecule has 9 heteroatoms. The van der Waals surface area contributed by atoms with Gasteiger partial charge >= 0.3 is 0 Å². The average molecular weight is 533 g/mol. The van der Waals surface area contributed by atoms with Gasteiger partial charge in [0.2, 0.25) is 0 Å². The predicted molar refractivity (Wildman–Crippen MR) is 140 cm³/mol. The smallest absolute Gasteiger partial charge is 0.295 e. The molecule has 192 valence electrons. The van der Waals surface area contributed by atoms with Gasteiger partial charge < -0.3 is 19.5 Å². The number of hydrogen-bond donors (Lipinski definition) is 1. The number of Topliss-reactive ketones (excluding diaryl/α,β-unsaturated/α-hetero) is 1. The number of likely N-dealkylation sites (tertiary alicyclic amines) is 1. The molecule has 4 rings (SSSR count). The van der Waals surface area contributed by atoms with Crippen molar-refractivity contribution >= 4 is 40.7 Å². The number of carbonyl (C=O) groups is 2. The number of aliphatic hydroxyl groups is 1. The van der Waals surface area contributed by atoms with Crippen LogP contribution in [0.3, 0.4) is 0 Å². The summed E-state index contributed by atoms with van der Waals surface area (Å²) in [5, 5.41) is 12.0. The second-order valence-corrected chi connectivity index (χ2v) is 9.66. The van der Waals surface area contributed by atoms with Gasteiger partial charge in [0.25, 0.3) is 11.7 Å². The van der Waals surface area contributed by atoms with Crippen LogP contribution in [0.15, 0.2) is 48.0 Å². The predicted octanol–water partition coefficient (Wildman–Crippen LogP) is 4.93. The molecular formula is C27H30Cl2N2O5. The maximum absolute atomic E-state index is 13.3. The van der Waals surface area contributed by atoms with E-state index >= 15 is 0 Å². The number of rotatable bonds is 9. The largest absolute Gasteiger partial charge is 0.507 e. The molecule has 0 saturated carbocycles. The van der Waals surface area contributed by atoms with Crippen LogP contribution in [0.4, 0.5) is 0 Å². The summed E-state index contributed by atoms with van der Waals surface area (Å²) in [5.74, 6) is -1.06. The lowest BCUT2D eigenvalue weighted by Gasteiger charge is -2.31. The van der Waals surface area contributed by atoms with E-state index in [1.54, 1.807) is 42.5 Å². The zero-order valence-electron chi connectivity index (χ0n) is 20.2. The van der Waals surface area contributed by atoms with Gasteiger partial charge in [0.15, 0.2) is 0 Å². The van der Waals surface area contributed by atoms with Crippen molar-refractivity contribution in [1.29, 1.82) is 0 Å². The third kappa shape index (κ3) is 5.86. The molecule has 1 unspecified atom stereocenters. The zero-order valence-corrected chi connectivity index (χ0v) is 21.7. The number of benzene rings is 2. The van der Waals surface area contributed by atoms with Gasteiger partial charge in [-0.2, -0.15) is 0 Å². The first-order valence-electron chi connectivity index (χ1n) is 12.2. The van der Waals surface area contributed by atoms with Gasteiger partial charge in [-0.3, -0.25) is 14.5 Å². The second-order valence-electron chi connectivity index (χ2n) is 8.85. The fourth-order valence-electron chi connectivity index (χ4n) is 4.44. The molecule has 0 radical (unpaired) electrons. The third-order valence-electron chi connectivity index (χ3n) is 6.43. The van der Waals surface area contributed by atoms with E-state index in [0.717, 1.165) is 25.9 Å². The third-order valence-corrected chi connectivity index (χ3v) is 7.17. The number of morpholine rings is 1. The Morgan fingerprint density at radius 2 is 1.86 bits per heavy atom. The molecule has 0 bridgehead atoms. The van der Waals surface area contributed by atoms with E-state index in [0.29, 0.717) is 59.8 Å². The van der Waals surface area contributed by atoms with Gasteiger partial charge in [0.1, 0.15) is 11.5 Å². The van der Waals surface area contributed by atoms with Crippen LogP contribution in [-0.4, -0.2) is 72.6 Å².